The Morgan fingerprint density at radius 1 is 1.22 bits per heavy atom. The van der Waals surface area contributed by atoms with Gasteiger partial charge >= 0.3 is 0 Å². The van der Waals surface area contributed by atoms with Crippen LogP contribution in [0.1, 0.15) is 30.0 Å². The van der Waals surface area contributed by atoms with E-state index >= 15 is 0 Å². The van der Waals surface area contributed by atoms with Gasteiger partial charge in [-0.2, -0.15) is 0 Å². The van der Waals surface area contributed by atoms with Crippen LogP contribution < -0.4 is 9.47 Å². The van der Waals surface area contributed by atoms with Crippen LogP contribution in [0.5, 0.6) is 11.5 Å². The molecule has 2 aliphatic heterocycles. The molecule has 1 amide bonds. The quantitative estimate of drug-likeness (QED) is 0.801. The van der Waals surface area contributed by atoms with E-state index in [9.17, 15) is 4.79 Å². The summed E-state index contributed by atoms with van der Waals surface area (Å²) in [5, 5.41) is 0. The molecular formula is C14H17NO3. The van der Waals surface area contributed by atoms with Crippen LogP contribution in [-0.2, 0) is 11.2 Å². The average Bonchev–Trinajstić information content (AvgIpc) is 2.87. The van der Waals surface area contributed by atoms with Crippen LogP contribution in [0.25, 0.3) is 0 Å². The second kappa shape index (κ2) is 4.19. The lowest BCUT2D eigenvalue weighted by molar-refractivity contribution is -0.132. The maximum absolute atomic E-state index is 12.0. The highest BCUT2D eigenvalue weighted by Crippen LogP contribution is 2.42. The normalized spacial score (nSPS) is 21.6. The van der Waals surface area contributed by atoms with Crippen LogP contribution in [-0.4, -0.2) is 31.6 Å². The standard InChI is InChI=1S/C14H17NO3/c1-17-12-6-9-7-14(16)15-5-3-4-11(15)10(9)8-13(12)18-2/h6,8,11H,3-5,7H2,1-2H3/t11-/m1/s1. The van der Waals surface area contributed by atoms with Crippen LogP contribution in [0, 0.1) is 0 Å². The van der Waals surface area contributed by atoms with E-state index in [4.69, 9.17) is 9.47 Å². The molecule has 3 rings (SSSR count). The second-order valence-corrected chi connectivity index (χ2v) is 4.83. The Labute approximate surface area is 106 Å². The molecule has 0 N–H and O–H groups in total. The monoisotopic (exact) mass is 247 g/mol. The van der Waals surface area contributed by atoms with Gasteiger partial charge in [-0.15, -0.1) is 0 Å². The highest BCUT2D eigenvalue weighted by molar-refractivity contribution is 5.82. The van der Waals surface area contributed by atoms with Crippen molar-refractivity contribution in [2.24, 2.45) is 0 Å². The van der Waals surface area contributed by atoms with Gasteiger partial charge in [0.15, 0.2) is 11.5 Å². The number of rotatable bonds is 2. The fourth-order valence-corrected chi connectivity index (χ4v) is 3.05. The van der Waals surface area contributed by atoms with Crippen LogP contribution in [0.2, 0.25) is 0 Å². The van der Waals surface area contributed by atoms with E-state index in [1.165, 1.54) is 5.56 Å². The molecule has 1 saturated heterocycles. The molecule has 96 valence electrons. The molecule has 0 saturated carbocycles. The third-order valence-electron chi connectivity index (χ3n) is 3.92. The lowest BCUT2D eigenvalue weighted by atomic mass is 9.92. The van der Waals surface area contributed by atoms with Gasteiger partial charge in [-0.3, -0.25) is 4.79 Å². The van der Waals surface area contributed by atoms with Crippen LogP contribution in [0.15, 0.2) is 12.1 Å². The van der Waals surface area contributed by atoms with E-state index in [0.29, 0.717) is 12.2 Å². The molecule has 4 nitrogen and oxygen atoms in total. The first-order chi connectivity index (χ1) is 8.74. The Hall–Kier alpha value is -1.71. The minimum absolute atomic E-state index is 0.234. The molecule has 0 spiro atoms. The second-order valence-electron chi connectivity index (χ2n) is 4.83. The first-order valence-electron chi connectivity index (χ1n) is 6.29. The summed E-state index contributed by atoms with van der Waals surface area (Å²) in [4.78, 5) is 14.0. The summed E-state index contributed by atoms with van der Waals surface area (Å²) in [5.74, 6) is 1.69. The lowest BCUT2D eigenvalue weighted by Crippen LogP contribution is -2.36. The van der Waals surface area contributed by atoms with Gasteiger partial charge in [0.2, 0.25) is 5.91 Å². The van der Waals surface area contributed by atoms with Gasteiger partial charge in [-0.25, -0.2) is 0 Å². The molecule has 0 aliphatic carbocycles. The summed E-state index contributed by atoms with van der Waals surface area (Å²) < 4.78 is 10.6. The molecule has 1 fully saturated rings. The fourth-order valence-electron chi connectivity index (χ4n) is 3.05. The van der Waals surface area contributed by atoms with Crippen molar-refractivity contribution in [2.75, 3.05) is 20.8 Å². The predicted molar refractivity (Wildman–Crippen MR) is 66.9 cm³/mol. The average molecular weight is 247 g/mol. The third-order valence-corrected chi connectivity index (χ3v) is 3.92. The fraction of sp³-hybridized carbons (Fsp3) is 0.500. The number of carbonyl (C=O) groups excluding carboxylic acids is 1. The van der Waals surface area contributed by atoms with Gasteiger partial charge in [-0.05, 0) is 36.1 Å². The number of hydrogen-bond donors (Lipinski definition) is 0. The Morgan fingerprint density at radius 2 is 1.94 bits per heavy atom. The number of fused-ring (bicyclic) bond motifs is 3. The molecule has 1 aromatic carbocycles. The number of benzene rings is 1. The molecule has 0 bridgehead atoms. The van der Waals surface area contributed by atoms with Crippen molar-refractivity contribution in [1.29, 1.82) is 0 Å². The van der Waals surface area contributed by atoms with E-state index < -0.39 is 0 Å². The topological polar surface area (TPSA) is 38.8 Å². The van der Waals surface area contributed by atoms with Crippen molar-refractivity contribution in [1.82, 2.24) is 4.90 Å². The molecule has 2 heterocycles. The van der Waals surface area contributed by atoms with Gasteiger partial charge < -0.3 is 14.4 Å². The van der Waals surface area contributed by atoms with Crippen LogP contribution >= 0.6 is 0 Å². The molecule has 0 unspecified atom stereocenters. The molecule has 18 heavy (non-hydrogen) atoms. The highest BCUT2D eigenvalue weighted by atomic mass is 16.5. The smallest absolute Gasteiger partial charge is 0.227 e. The number of ether oxygens (including phenoxy) is 2. The zero-order valence-corrected chi connectivity index (χ0v) is 10.7. The number of carbonyl (C=O) groups is 1. The first-order valence-corrected chi connectivity index (χ1v) is 6.29. The minimum Gasteiger partial charge on any atom is -0.493 e. The number of hydrogen-bond acceptors (Lipinski definition) is 3. The minimum atomic E-state index is 0.234. The van der Waals surface area contributed by atoms with Gasteiger partial charge in [0.05, 0.1) is 26.7 Å². The molecule has 0 radical (unpaired) electrons. The number of methoxy groups -OCH3 is 2. The molecule has 4 heteroatoms. The van der Waals surface area contributed by atoms with Crippen LogP contribution in [0.4, 0.5) is 0 Å². The summed E-state index contributed by atoms with van der Waals surface area (Å²) in [7, 11) is 3.27. The highest BCUT2D eigenvalue weighted by Gasteiger charge is 2.36. The van der Waals surface area contributed by atoms with Crippen molar-refractivity contribution in [3.8, 4) is 11.5 Å². The molecule has 1 aromatic rings. The lowest BCUT2D eigenvalue weighted by Gasteiger charge is -2.32. The van der Waals surface area contributed by atoms with E-state index in [1.807, 2.05) is 17.0 Å². The van der Waals surface area contributed by atoms with Crippen LogP contribution in [0.3, 0.4) is 0 Å². The van der Waals surface area contributed by atoms with Gasteiger partial charge in [-0.1, -0.05) is 0 Å². The molecule has 0 aromatic heterocycles. The predicted octanol–water partition coefficient (Wildman–Crippen LogP) is 1.92. The van der Waals surface area contributed by atoms with Crippen molar-refractivity contribution < 1.29 is 14.3 Å². The maximum Gasteiger partial charge on any atom is 0.227 e. The summed E-state index contributed by atoms with van der Waals surface area (Å²) in [5.41, 5.74) is 2.31. The zero-order valence-electron chi connectivity index (χ0n) is 10.7. The third kappa shape index (κ3) is 1.55. The van der Waals surface area contributed by atoms with Crippen molar-refractivity contribution >= 4 is 5.91 Å². The van der Waals surface area contributed by atoms with Gasteiger partial charge in [0.1, 0.15) is 0 Å². The van der Waals surface area contributed by atoms with E-state index in [1.54, 1.807) is 14.2 Å². The summed E-state index contributed by atoms with van der Waals surface area (Å²) >= 11 is 0. The van der Waals surface area contributed by atoms with E-state index in [-0.39, 0.29) is 11.9 Å². The first kappa shape index (κ1) is 11.4. The largest absolute Gasteiger partial charge is 0.493 e. The Bertz CT molecular complexity index is 498. The maximum atomic E-state index is 12.0. The molecular weight excluding hydrogens is 230 g/mol. The Morgan fingerprint density at radius 3 is 2.67 bits per heavy atom. The van der Waals surface area contributed by atoms with E-state index in [2.05, 4.69) is 0 Å². The number of nitrogens with zero attached hydrogens (tertiary/aromatic N) is 1. The van der Waals surface area contributed by atoms with Gasteiger partial charge in [0, 0.05) is 6.54 Å². The van der Waals surface area contributed by atoms with Crippen molar-refractivity contribution in [3.63, 3.8) is 0 Å². The van der Waals surface area contributed by atoms with Gasteiger partial charge in [0.25, 0.3) is 0 Å². The van der Waals surface area contributed by atoms with Crippen molar-refractivity contribution in [3.05, 3.63) is 23.3 Å². The zero-order chi connectivity index (χ0) is 12.7. The summed E-state index contributed by atoms with van der Waals surface area (Å²) in [6, 6.07) is 4.21. The van der Waals surface area contributed by atoms with E-state index in [0.717, 1.165) is 30.7 Å². The number of amides is 1. The Balaban J connectivity index is 2.10. The molecule has 2 aliphatic rings. The Kier molecular flexibility index (Phi) is 2.65. The summed E-state index contributed by atoms with van der Waals surface area (Å²) in [6.45, 7) is 0.886. The SMILES string of the molecule is COc1cc2c(cc1OC)[C@H]1CCCN1C(=O)C2. The van der Waals surface area contributed by atoms with Crippen molar-refractivity contribution in [2.45, 2.75) is 25.3 Å². The molecule has 1 atom stereocenters. The summed E-state index contributed by atoms with van der Waals surface area (Å²) in [6.07, 6.45) is 2.62.